The quantitative estimate of drug-likeness (QED) is 0.763. The van der Waals surface area contributed by atoms with E-state index in [2.05, 4.69) is 15.3 Å². The van der Waals surface area contributed by atoms with Crippen molar-refractivity contribution in [3.63, 3.8) is 0 Å². The van der Waals surface area contributed by atoms with Crippen LogP contribution in [-0.4, -0.2) is 47.5 Å². The number of rotatable bonds is 7. The predicted octanol–water partition coefficient (Wildman–Crippen LogP) is 1.67. The fraction of sp³-hybridized carbons (Fsp3) is 0.500. The first kappa shape index (κ1) is 14.8. The van der Waals surface area contributed by atoms with Crippen molar-refractivity contribution in [2.24, 2.45) is 0 Å². The molecule has 1 aromatic carbocycles. The number of carbonyl (C=O) groups excluding carboxylic acids is 1. The van der Waals surface area contributed by atoms with Crippen molar-refractivity contribution in [3.05, 3.63) is 24.0 Å². The number of nitrogens with one attached hydrogen (secondary N) is 2. The monoisotopic (exact) mass is 302 g/mol. The summed E-state index contributed by atoms with van der Waals surface area (Å²) in [6.45, 7) is 3.35. The van der Waals surface area contributed by atoms with Crippen molar-refractivity contribution < 1.29 is 9.53 Å². The van der Waals surface area contributed by atoms with Gasteiger partial charge in [0.2, 0.25) is 5.91 Å². The number of methoxy groups -OCH3 is 1. The molecule has 1 amide bonds. The van der Waals surface area contributed by atoms with E-state index in [9.17, 15) is 4.79 Å². The number of aromatic amines is 1. The first-order chi connectivity index (χ1) is 10.8. The van der Waals surface area contributed by atoms with Crippen LogP contribution in [0.4, 0.5) is 0 Å². The number of ether oxygens (including phenoxy) is 1. The van der Waals surface area contributed by atoms with Crippen molar-refractivity contribution in [3.8, 4) is 5.75 Å². The van der Waals surface area contributed by atoms with Gasteiger partial charge in [-0.25, -0.2) is 4.98 Å². The number of imidazole rings is 1. The standard InChI is InChI=1S/C16H22N4O2/c1-22-12-5-6-13-14(10-12)19-15(18-13)11-17-7-3-9-20-8-2-4-16(20)21/h5-6,10,17H,2-4,7-9,11H2,1H3,(H,18,19). The number of carbonyl (C=O) groups is 1. The molecule has 118 valence electrons. The van der Waals surface area contributed by atoms with Crippen molar-refractivity contribution >= 4 is 16.9 Å². The molecule has 2 aromatic rings. The molecule has 0 radical (unpaired) electrons. The van der Waals surface area contributed by atoms with E-state index in [-0.39, 0.29) is 0 Å². The zero-order chi connectivity index (χ0) is 15.4. The van der Waals surface area contributed by atoms with Crippen LogP contribution in [0.3, 0.4) is 0 Å². The van der Waals surface area contributed by atoms with Crippen LogP contribution in [-0.2, 0) is 11.3 Å². The van der Waals surface area contributed by atoms with E-state index in [1.165, 1.54) is 0 Å². The van der Waals surface area contributed by atoms with Crippen LogP contribution in [0.25, 0.3) is 11.0 Å². The second kappa shape index (κ2) is 6.79. The summed E-state index contributed by atoms with van der Waals surface area (Å²) in [5, 5.41) is 3.37. The Balaban J connectivity index is 1.44. The summed E-state index contributed by atoms with van der Waals surface area (Å²) in [5.41, 5.74) is 1.93. The molecule has 1 aromatic heterocycles. The highest BCUT2D eigenvalue weighted by Gasteiger charge is 2.18. The second-order valence-electron chi connectivity index (χ2n) is 5.58. The highest BCUT2D eigenvalue weighted by atomic mass is 16.5. The molecule has 0 saturated carbocycles. The van der Waals surface area contributed by atoms with E-state index in [4.69, 9.17) is 4.74 Å². The maximum absolute atomic E-state index is 11.5. The maximum atomic E-state index is 11.5. The summed E-state index contributed by atoms with van der Waals surface area (Å²) < 4.78 is 5.21. The largest absolute Gasteiger partial charge is 0.497 e. The number of nitrogens with zero attached hydrogens (tertiary/aromatic N) is 2. The molecule has 0 spiro atoms. The first-order valence-corrected chi connectivity index (χ1v) is 7.77. The molecule has 2 heterocycles. The maximum Gasteiger partial charge on any atom is 0.222 e. The smallest absolute Gasteiger partial charge is 0.222 e. The summed E-state index contributed by atoms with van der Waals surface area (Å²) in [4.78, 5) is 21.3. The summed E-state index contributed by atoms with van der Waals surface area (Å²) in [6, 6.07) is 5.81. The lowest BCUT2D eigenvalue weighted by Gasteiger charge is -2.14. The second-order valence-corrected chi connectivity index (χ2v) is 5.58. The molecule has 22 heavy (non-hydrogen) atoms. The minimum atomic E-state index is 0.297. The molecule has 0 aliphatic carbocycles. The summed E-state index contributed by atoms with van der Waals surface area (Å²) in [7, 11) is 1.66. The summed E-state index contributed by atoms with van der Waals surface area (Å²) in [5.74, 6) is 2.04. The fourth-order valence-electron chi connectivity index (χ4n) is 2.79. The molecule has 0 unspecified atom stereocenters. The van der Waals surface area contributed by atoms with Crippen molar-refractivity contribution in [1.29, 1.82) is 0 Å². The van der Waals surface area contributed by atoms with Gasteiger partial charge in [-0.05, 0) is 31.5 Å². The topological polar surface area (TPSA) is 70.2 Å². The van der Waals surface area contributed by atoms with Crippen molar-refractivity contribution in [2.45, 2.75) is 25.8 Å². The summed E-state index contributed by atoms with van der Waals surface area (Å²) in [6.07, 6.45) is 2.70. The van der Waals surface area contributed by atoms with Crippen LogP contribution in [0.2, 0.25) is 0 Å². The lowest BCUT2D eigenvalue weighted by molar-refractivity contribution is -0.127. The number of amides is 1. The number of likely N-dealkylation sites (tertiary alicyclic amines) is 1. The normalized spacial score (nSPS) is 15.0. The Morgan fingerprint density at radius 1 is 1.45 bits per heavy atom. The minimum absolute atomic E-state index is 0.297. The third kappa shape index (κ3) is 3.39. The zero-order valence-electron chi connectivity index (χ0n) is 12.9. The highest BCUT2D eigenvalue weighted by Crippen LogP contribution is 2.18. The third-order valence-electron chi connectivity index (χ3n) is 3.98. The molecule has 1 saturated heterocycles. The molecule has 1 aliphatic rings. The van der Waals surface area contributed by atoms with E-state index in [0.29, 0.717) is 12.5 Å². The van der Waals surface area contributed by atoms with Gasteiger partial charge in [-0.3, -0.25) is 4.79 Å². The Morgan fingerprint density at radius 3 is 3.14 bits per heavy atom. The Morgan fingerprint density at radius 2 is 2.36 bits per heavy atom. The van der Waals surface area contributed by atoms with Gasteiger partial charge in [0.25, 0.3) is 0 Å². The SMILES string of the molecule is COc1ccc2nc(CNCCCN3CCCC3=O)[nH]c2c1. The average molecular weight is 302 g/mol. The Bertz CT molecular complexity index is 653. The molecule has 0 bridgehead atoms. The van der Waals surface area contributed by atoms with Gasteiger partial charge in [-0.2, -0.15) is 0 Å². The van der Waals surface area contributed by atoms with Gasteiger partial charge in [0.05, 0.1) is 24.7 Å². The Kier molecular flexibility index (Phi) is 4.58. The molecule has 6 nitrogen and oxygen atoms in total. The molecule has 3 rings (SSSR count). The van der Waals surface area contributed by atoms with Crippen LogP contribution in [0.1, 0.15) is 25.1 Å². The van der Waals surface area contributed by atoms with E-state index >= 15 is 0 Å². The molecule has 1 aliphatic heterocycles. The van der Waals surface area contributed by atoms with Crippen LogP contribution < -0.4 is 10.1 Å². The number of H-pyrrole nitrogens is 1. The van der Waals surface area contributed by atoms with Crippen LogP contribution in [0.5, 0.6) is 5.75 Å². The lowest BCUT2D eigenvalue weighted by Crippen LogP contribution is -2.28. The Labute approximate surface area is 129 Å². The third-order valence-corrected chi connectivity index (χ3v) is 3.98. The molecular formula is C16H22N4O2. The average Bonchev–Trinajstić information content (AvgIpc) is 3.12. The molecule has 0 atom stereocenters. The Hall–Kier alpha value is -2.08. The number of hydrogen-bond donors (Lipinski definition) is 2. The van der Waals surface area contributed by atoms with Gasteiger partial charge in [-0.15, -0.1) is 0 Å². The van der Waals surface area contributed by atoms with Crippen molar-refractivity contribution in [2.75, 3.05) is 26.7 Å². The van der Waals surface area contributed by atoms with Crippen molar-refractivity contribution in [1.82, 2.24) is 20.2 Å². The number of fused-ring (bicyclic) bond motifs is 1. The van der Waals surface area contributed by atoms with Gasteiger partial charge >= 0.3 is 0 Å². The highest BCUT2D eigenvalue weighted by molar-refractivity contribution is 5.78. The number of aromatic nitrogens is 2. The molecular weight excluding hydrogens is 280 g/mol. The van der Waals surface area contributed by atoms with E-state index in [1.807, 2.05) is 23.1 Å². The predicted molar refractivity (Wildman–Crippen MR) is 84.8 cm³/mol. The fourth-order valence-corrected chi connectivity index (χ4v) is 2.79. The van der Waals surface area contributed by atoms with Gasteiger partial charge in [0, 0.05) is 25.6 Å². The minimum Gasteiger partial charge on any atom is -0.497 e. The lowest BCUT2D eigenvalue weighted by atomic mass is 10.3. The van der Waals surface area contributed by atoms with E-state index in [1.54, 1.807) is 7.11 Å². The van der Waals surface area contributed by atoms with Gasteiger partial charge in [-0.1, -0.05) is 0 Å². The van der Waals surface area contributed by atoms with E-state index < -0.39 is 0 Å². The number of hydrogen-bond acceptors (Lipinski definition) is 4. The van der Waals surface area contributed by atoms with Gasteiger partial charge < -0.3 is 19.9 Å². The van der Waals surface area contributed by atoms with Crippen LogP contribution in [0.15, 0.2) is 18.2 Å². The van der Waals surface area contributed by atoms with Crippen LogP contribution in [0, 0.1) is 0 Å². The molecule has 1 fully saturated rings. The zero-order valence-corrected chi connectivity index (χ0v) is 12.9. The number of benzene rings is 1. The molecule has 2 N–H and O–H groups in total. The van der Waals surface area contributed by atoms with Crippen LogP contribution >= 0.6 is 0 Å². The van der Waals surface area contributed by atoms with Gasteiger partial charge in [0.1, 0.15) is 11.6 Å². The first-order valence-electron chi connectivity index (χ1n) is 7.77. The molecule has 6 heteroatoms. The van der Waals surface area contributed by atoms with E-state index in [0.717, 1.165) is 61.5 Å². The summed E-state index contributed by atoms with van der Waals surface area (Å²) >= 11 is 0. The van der Waals surface area contributed by atoms with Gasteiger partial charge in [0.15, 0.2) is 0 Å².